The van der Waals surface area contributed by atoms with Gasteiger partial charge in [0, 0.05) is 6.42 Å². The first-order chi connectivity index (χ1) is 16.4. The zero-order valence-corrected chi connectivity index (χ0v) is 20.5. The zero-order valence-electron chi connectivity index (χ0n) is 20.5. The van der Waals surface area contributed by atoms with Crippen LogP contribution in [0.25, 0.3) is 11.0 Å². The van der Waals surface area contributed by atoms with E-state index in [-0.39, 0.29) is 6.61 Å². The summed E-state index contributed by atoms with van der Waals surface area (Å²) in [7, 11) is 3.25. The van der Waals surface area contributed by atoms with Crippen molar-refractivity contribution in [1.29, 1.82) is 0 Å². The van der Waals surface area contributed by atoms with Crippen molar-refractivity contribution in [3.8, 4) is 17.2 Å². The number of hydrogen-bond acceptors (Lipinski definition) is 5. The van der Waals surface area contributed by atoms with Gasteiger partial charge in [0.1, 0.15) is 24.3 Å². The van der Waals surface area contributed by atoms with Crippen LogP contribution in [0.2, 0.25) is 0 Å². The second-order valence-corrected chi connectivity index (χ2v) is 8.69. The molecule has 6 heteroatoms. The Hall–Kier alpha value is -3.51. The molecule has 4 aromatic rings. The molecular formula is C28H32N2O4. The number of benzene rings is 3. The molecule has 1 N–H and O–H groups in total. The number of imidazole rings is 1. The molecule has 0 fully saturated rings. The fourth-order valence-corrected chi connectivity index (χ4v) is 4.47. The van der Waals surface area contributed by atoms with Crippen molar-refractivity contribution in [2.75, 3.05) is 20.8 Å². The van der Waals surface area contributed by atoms with Gasteiger partial charge in [-0.3, -0.25) is 0 Å². The number of methoxy groups -OCH3 is 2. The molecule has 178 valence electrons. The van der Waals surface area contributed by atoms with Gasteiger partial charge in [0.05, 0.1) is 31.8 Å². The summed E-state index contributed by atoms with van der Waals surface area (Å²) in [5, 5.41) is 10.9. The third kappa shape index (κ3) is 5.02. The largest absolute Gasteiger partial charge is 0.493 e. The van der Waals surface area contributed by atoms with Gasteiger partial charge in [0.2, 0.25) is 0 Å². The van der Waals surface area contributed by atoms with Crippen molar-refractivity contribution in [2.45, 2.75) is 39.8 Å². The van der Waals surface area contributed by atoms with Gasteiger partial charge in [-0.05, 0) is 61.7 Å². The van der Waals surface area contributed by atoms with E-state index in [1.807, 2.05) is 56.3 Å². The number of aryl methyl sites for hydroxylation is 3. The Balaban J connectivity index is 1.57. The van der Waals surface area contributed by atoms with Gasteiger partial charge >= 0.3 is 0 Å². The summed E-state index contributed by atoms with van der Waals surface area (Å²) in [6.07, 6.45) is -0.0967. The summed E-state index contributed by atoms with van der Waals surface area (Å²) in [5.74, 6) is 3.08. The monoisotopic (exact) mass is 460 g/mol. The standard InChI is InChI=1S/C28H32N2O4/c1-18-12-19(2)28(20(3)13-18)34-17-22(31)16-30-24-9-7-6-8-23(24)29-27(30)15-21-10-11-25(32-4)26(14-21)33-5/h6-14,22,31H,15-17H2,1-5H3. The lowest BCUT2D eigenvalue weighted by atomic mass is 10.1. The average Bonchev–Trinajstić information content (AvgIpc) is 3.15. The van der Waals surface area contributed by atoms with Crippen LogP contribution in [-0.4, -0.2) is 41.6 Å². The van der Waals surface area contributed by atoms with E-state index in [1.165, 1.54) is 5.56 Å². The van der Waals surface area contributed by atoms with Crippen molar-refractivity contribution >= 4 is 11.0 Å². The maximum absolute atomic E-state index is 10.9. The Kier molecular flexibility index (Phi) is 7.08. The lowest BCUT2D eigenvalue weighted by Gasteiger charge is -2.18. The van der Waals surface area contributed by atoms with E-state index in [4.69, 9.17) is 19.2 Å². The molecule has 1 heterocycles. The highest BCUT2D eigenvalue weighted by molar-refractivity contribution is 5.76. The van der Waals surface area contributed by atoms with Crippen LogP contribution in [0.1, 0.15) is 28.1 Å². The molecule has 0 aliphatic rings. The first-order valence-electron chi connectivity index (χ1n) is 11.4. The predicted octanol–water partition coefficient (Wildman–Crippen LogP) is 5.01. The van der Waals surface area contributed by atoms with Crippen LogP contribution in [-0.2, 0) is 13.0 Å². The summed E-state index contributed by atoms with van der Waals surface area (Å²) in [4.78, 5) is 4.85. The first kappa shape index (κ1) is 23.6. The number of ether oxygens (including phenoxy) is 3. The van der Waals surface area contributed by atoms with E-state index in [1.54, 1.807) is 14.2 Å². The number of para-hydroxylation sites is 2. The molecule has 1 atom stereocenters. The molecule has 0 radical (unpaired) electrons. The first-order valence-corrected chi connectivity index (χ1v) is 11.4. The lowest BCUT2D eigenvalue weighted by molar-refractivity contribution is 0.0921. The molecule has 1 unspecified atom stereocenters. The third-order valence-corrected chi connectivity index (χ3v) is 5.96. The summed E-state index contributed by atoms with van der Waals surface area (Å²) >= 11 is 0. The fourth-order valence-electron chi connectivity index (χ4n) is 4.47. The Bertz CT molecular complexity index is 1270. The second-order valence-electron chi connectivity index (χ2n) is 8.69. The summed E-state index contributed by atoms with van der Waals surface area (Å²) < 4.78 is 18.9. The number of aliphatic hydroxyl groups is 1. The van der Waals surface area contributed by atoms with Gasteiger partial charge < -0.3 is 23.9 Å². The number of nitrogens with zero attached hydrogens (tertiary/aromatic N) is 2. The quantitative estimate of drug-likeness (QED) is 0.380. The minimum absolute atomic E-state index is 0.201. The minimum Gasteiger partial charge on any atom is -0.493 e. The van der Waals surface area contributed by atoms with Gasteiger partial charge in [-0.2, -0.15) is 0 Å². The van der Waals surface area contributed by atoms with E-state index >= 15 is 0 Å². The van der Waals surface area contributed by atoms with Crippen molar-refractivity contribution < 1.29 is 19.3 Å². The van der Waals surface area contributed by atoms with Crippen LogP contribution in [0, 0.1) is 20.8 Å². The summed E-state index contributed by atoms with van der Waals surface area (Å²) in [6.45, 7) is 6.72. The molecule has 0 saturated heterocycles. The van der Waals surface area contributed by atoms with Crippen molar-refractivity contribution in [3.63, 3.8) is 0 Å². The van der Waals surface area contributed by atoms with Crippen LogP contribution in [0.3, 0.4) is 0 Å². The van der Waals surface area contributed by atoms with Crippen LogP contribution in [0.15, 0.2) is 54.6 Å². The predicted molar refractivity (Wildman–Crippen MR) is 134 cm³/mol. The molecule has 0 spiro atoms. The molecule has 34 heavy (non-hydrogen) atoms. The van der Waals surface area contributed by atoms with Gasteiger partial charge in [-0.25, -0.2) is 4.98 Å². The number of hydrogen-bond donors (Lipinski definition) is 1. The highest BCUT2D eigenvalue weighted by Gasteiger charge is 2.17. The average molecular weight is 461 g/mol. The topological polar surface area (TPSA) is 65.7 Å². The van der Waals surface area contributed by atoms with Gasteiger partial charge in [0.15, 0.2) is 11.5 Å². The molecule has 6 nitrogen and oxygen atoms in total. The van der Waals surface area contributed by atoms with E-state index in [0.29, 0.717) is 24.5 Å². The number of fused-ring (bicyclic) bond motifs is 1. The van der Waals surface area contributed by atoms with Crippen molar-refractivity contribution in [1.82, 2.24) is 9.55 Å². The number of aliphatic hydroxyl groups excluding tert-OH is 1. The van der Waals surface area contributed by atoms with Crippen LogP contribution in [0.4, 0.5) is 0 Å². The molecular weight excluding hydrogens is 428 g/mol. The molecule has 4 rings (SSSR count). The highest BCUT2D eigenvalue weighted by atomic mass is 16.5. The highest BCUT2D eigenvalue weighted by Crippen LogP contribution is 2.29. The summed E-state index contributed by atoms with van der Waals surface area (Å²) in [5.41, 5.74) is 6.29. The van der Waals surface area contributed by atoms with Gasteiger partial charge in [-0.1, -0.05) is 35.9 Å². The van der Waals surface area contributed by atoms with Crippen molar-refractivity contribution in [2.24, 2.45) is 0 Å². The summed E-state index contributed by atoms with van der Waals surface area (Å²) in [6, 6.07) is 18.0. The van der Waals surface area contributed by atoms with E-state index < -0.39 is 6.10 Å². The lowest BCUT2D eigenvalue weighted by Crippen LogP contribution is -2.25. The molecule has 0 amide bonds. The Morgan fingerprint density at radius 1 is 0.912 bits per heavy atom. The Labute approximate surface area is 200 Å². The molecule has 0 aliphatic carbocycles. The Morgan fingerprint density at radius 3 is 2.32 bits per heavy atom. The van der Waals surface area contributed by atoms with Crippen LogP contribution < -0.4 is 14.2 Å². The molecule has 3 aromatic carbocycles. The minimum atomic E-state index is -0.693. The molecule has 1 aromatic heterocycles. The van der Waals surface area contributed by atoms with E-state index in [9.17, 15) is 5.11 Å². The van der Waals surface area contributed by atoms with Gasteiger partial charge in [-0.15, -0.1) is 0 Å². The fraction of sp³-hybridized carbons (Fsp3) is 0.321. The maximum atomic E-state index is 10.9. The van der Waals surface area contributed by atoms with E-state index in [0.717, 1.165) is 39.3 Å². The molecule has 0 aliphatic heterocycles. The van der Waals surface area contributed by atoms with Gasteiger partial charge in [0.25, 0.3) is 0 Å². The third-order valence-electron chi connectivity index (χ3n) is 5.96. The second kappa shape index (κ2) is 10.2. The molecule has 0 bridgehead atoms. The maximum Gasteiger partial charge on any atom is 0.161 e. The normalized spacial score (nSPS) is 12.1. The van der Waals surface area contributed by atoms with Crippen molar-refractivity contribution in [3.05, 3.63) is 82.7 Å². The SMILES string of the molecule is COc1ccc(Cc2nc3ccccc3n2CC(O)COc2c(C)cc(C)cc2C)cc1OC. The number of aromatic nitrogens is 2. The van der Waals surface area contributed by atoms with E-state index in [2.05, 4.69) is 23.6 Å². The Morgan fingerprint density at radius 2 is 1.62 bits per heavy atom. The smallest absolute Gasteiger partial charge is 0.161 e. The zero-order chi connectivity index (χ0) is 24.2. The number of rotatable bonds is 9. The molecule has 0 saturated carbocycles. The van der Waals surface area contributed by atoms with Crippen LogP contribution in [0.5, 0.6) is 17.2 Å². The van der Waals surface area contributed by atoms with Crippen LogP contribution >= 0.6 is 0 Å².